The van der Waals surface area contributed by atoms with Crippen LogP contribution in [0.4, 0.5) is 0 Å². The zero-order valence-corrected chi connectivity index (χ0v) is 10.8. The number of pyridine rings is 1. The molecule has 1 aliphatic rings. The minimum absolute atomic E-state index is 0.183. The number of nitrogens with zero attached hydrogens (tertiary/aromatic N) is 1. The molecule has 3 rings (SSSR count). The molecule has 1 aliphatic heterocycles. The lowest BCUT2D eigenvalue weighted by molar-refractivity contribution is 0.171. The van der Waals surface area contributed by atoms with E-state index in [-0.39, 0.29) is 6.04 Å². The molecule has 0 fully saturated rings. The number of rotatable bonds is 2. The van der Waals surface area contributed by atoms with E-state index in [0.717, 1.165) is 28.3 Å². The first kappa shape index (κ1) is 12.0. The Morgan fingerprint density at radius 1 is 1.05 bits per heavy atom. The van der Waals surface area contributed by atoms with E-state index in [9.17, 15) is 0 Å². The Hall–Kier alpha value is -2.07. The van der Waals surface area contributed by atoms with Crippen LogP contribution in [-0.2, 0) is 0 Å². The number of hydrogen-bond acceptors (Lipinski definition) is 4. The Balaban J connectivity index is 1.93. The Kier molecular flexibility index (Phi) is 3.09. The average molecular weight is 256 g/mol. The largest absolute Gasteiger partial charge is 0.486 e. The summed E-state index contributed by atoms with van der Waals surface area (Å²) < 4.78 is 11.1. The SMILES string of the molecule is Cc1cc(C(N)c2ccc3c(c2)OCCO3)ccn1. The molecule has 1 unspecified atom stereocenters. The summed E-state index contributed by atoms with van der Waals surface area (Å²) >= 11 is 0. The summed E-state index contributed by atoms with van der Waals surface area (Å²) in [4.78, 5) is 4.19. The standard InChI is InChI=1S/C15H16N2O2/c1-10-8-12(4-5-17-10)15(16)11-2-3-13-14(9-11)19-7-6-18-13/h2-5,8-9,15H,6-7,16H2,1H3. The van der Waals surface area contributed by atoms with Gasteiger partial charge in [-0.2, -0.15) is 0 Å². The third kappa shape index (κ3) is 2.39. The molecule has 19 heavy (non-hydrogen) atoms. The molecule has 2 aromatic rings. The van der Waals surface area contributed by atoms with E-state index >= 15 is 0 Å². The predicted octanol–water partition coefficient (Wildman–Crippen LogP) is 2.21. The summed E-state index contributed by atoms with van der Waals surface area (Å²) in [6.07, 6.45) is 1.78. The normalized spacial score (nSPS) is 15.1. The summed E-state index contributed by atoms with van der Waals surface area (Å²) in [7, 11) is 0. The second-order valence-corrected chi connectivity index (χ2v) is 4.61. The molecule has 1 atom stereocenters. The molecule has 0 saturated heterocycles. The Morgan fingerprint density at radius 2 is 1.79 bits per heavy atom. The summed E-state index contributed by atoms with van der Waals surface area (Å²) in [5.74, 6) is 1.55. The quantitative estimate of drug-likeness (QED) is 0.895. The molecule has 1 aromatic carbocycles. The fourth-order valence-corrected chi connectivity index (χ4v) is 2.21. The summed E-state index contributed by atoms with van der Waals surface area (Å²) in [5, 5.41) is 0. The lowest BCUT2D eigenvalue weighted by Crippen LogP contribution is -2.17. The Bertz CT molecular complexity index is 598. The Labute approximate surface area is 112 Å². The first-order valence-electron chi connectivity index (χ1n) is 6.32. The van der Waals surface area contributed by atoms with Gasteiger partial charge >= 0.3 is 0 Å². The molecule has 1 aromatic heterocycles. The average Bonchev–Trinajstić information content (AvgIpc) is 2.46. The molecule has 0 aliphatic carbocycles. The van der Waals surface area contributed by atoms with Crippen LogP contribution in [0.3, 0.4) is 0 Å². The van der Waals surface area contributed by atoms with E-state index in [2.05, 4.69) is 4.98 Å². The van der Waals surface area contributed by atoms with Crippen LogP contribution >= 0.6 is 0 Å². The second-order valence-electron chi connectivity index (χ2n) is 4.61. The zero-order valence-electron chi connectivity index (χ0n) is 10.8. The van der Waals surface area contributed by atoms with Gasteiger partial charge in [-0.1, -0.05) is 6.07 Å². The number of fused-ring (bicyclic) bond motifs is 1. The van der Waals surface area contributed by atoms with Crippen LogP contribution in [0.1, 0.15) is 22.9 Å². The van der Waals surface area contributed by atoms with Crippen LogP contribution in [0.15, 0.2) is 36.5 Å². The molecule has 2 N–H and O–H groups in total. The van der Waals surface area contributed by atoms with Crippen molar-refractivity contribution in [1.29, 1.82) is 0 Å². The number of benzene rings is 1. The minimum Gasteiger partial charge on any atom is -0.486 e. The second kappa shape index (κ2) is 4.90. The van der Waals surface area contributed by atoms with Crippen molar-refractivity contribution >= 4 is 0 Å². The highest BCUT2D eigenvalue weighted by Crippen LogP contribution is 2.33. The van der Waals surface area contributed by atoms with Crippen LogP contribution in [-0.4, -0.2) is 18.2 Å². The van der Waals surface area contributed by atoms with Crippen LogP contribution in [0.25, 0.3) is 0 Å². The molecule has 0 bridgehead atoms. The lowest BCUT2D eigenvalue weighted by Gasteiger charge is -2.20. The van der Waals surface area contributed by atoms with Gasteiger partial charge in [0.1, 0.15) is 13.2 Å². The summed E-state index contributed by atoms with van der Waals surface area (Å²) in [6, 6.07) is 9.61. The van der Waals surface area contributed by atoms with E-state index in [1.165, 1.54) is 0 Å². The van der Waals surface area contributed by atoms with Crippen molar-refractivity contribution < 1.29 is 9.47 Å². The van der Waals surface area contributed by atoms with Crippen LogP contribution in [0.5, 0.6) is 11.5 Å². The van der Waals surface area contributed by atoms with Gasteiger partial charge < -0.3 is 15.2 Å². The highest BCUT2D eigenvalue weighted by Gasteiger charge is 2.15. The molecule has 0 spiro atoms. The third-order valence-corrected chi connectivity index (χ3v) is 3.21. The van der Waals surface area contributed by atoms with Crippen molar-refractivity contribution in [3.8, 4) is 11.5 Å². The van der Waals surface area contributed by atoms with E-state index in [4.69, 9.17) is 15.2 Å². The predicted molar refractivity (Wildman–Crippen MR) is 72.4 cm³/mol. The van der Waals surface area contributed by atoms with Crippen molar-refractivity contribution in [2.45, 2.75) is 13.0 Å². The summed E-state index contributed by atoms with van der Waals surface area (Å²) in [5.41, 5.74) is 9.31. The first-order chi connectivity index (χ1) is 9.24. The number of ether oxygens (including phenoxy) is 2. The topological polar surface area (TPSA) is 57.4 Å². The third-order valence-electron chi connectivity index (χ3n) is 3.21. The maximum absolute atomic E-state index is 6.29. The number of nitrogens with two attached hydrogens (primary N) is 1. The molecule has 4 heteroatoms. The van der Waals surface area contributed by atoms with Crippen molar-refractivity contribution in [3.05, 3.63) is 53.3 Å². The highest BCUT2D eigenvalue weighted by atomic mass is 16.6. The van der Waals surface area contributed by atoms with Gasteiger partial charge in [0.2, 0.25) is 0 Å². The molecule has 2 heterocycles. The zero-order chi connectivity index (χ0) is 13.2. The molecule has 0 saturated carbocycles. The minimum atomic E-state index is -0.183. The van der Waals surface area contributed by atoms with Gasteiger partial charge in [-0.15, -0.1) is 0 Å². The smallest absolute Gasteiger partial charge is 0.161 e. The van der Waals surface area contributed by atoms with E-state index in [1.54, 1.807) is 6.20 Å². The van der Waals surface area contributed by atoms with Gasteiger partial charge in [0.15, 0.2) is 11.5 Å². The van der Waals surface area contributed by atoms with Gasteiger partial charge in [0.25, 0.3) is 0 Å². The first-order valence-corrected chi connectivity index (χ1v) is 6.32. The molecular weight excluding hydrogens is 240 g/mol. The lowest BCUT2D eigenvalue weighted by atomic mass is 9.99. The number of aryl methyl sites for hydroxylation is 1. The van der Waals surface area contributed by atoms with E-state index in [1.807, 2.05) is 37.3 Å². The van der Waals surface area contributed by atoms with Gasteiger partial charge in [0.05, 0.1) is 6.04 Å². The van der Waals surface area contributed by atoms with Crippen molar-refractivity contribution in [2.24, 2.45) is 5.73 Å². The van der Waals surface area contributed by atoms with Gasteiger partial charge in [0, 0.05) is 11.9 Å². The fraction of sp³-hybridized carbons (Fsp3) is 0.267. The fourth-order valence-electron chi connectivity index (χ4n) is 2.21. The Morgan fingerprint density at radius 3 is 2.58 bits per heavy atom. The van der Waals surface area contributed by atoms with Crippen LogP contribution in [0.2, 0.25) is 0 Å². The molecular formula is C15H16N2O2. The highest BCUT2D eigenvalue weighted by molar-refractivity contribution is 5.46. The number of aromatic nitrogens is 1. The van der Waals surface area contributed by atoms with Gasteiger partial charge in [-0.25, -0.2) is 0 Å². The van der Waals surface area contributed by atoms with Gasteiger partial charge in [-0.3, -0.25) is 4.98 Å². The molecule has 98 valence electrons. The van der Waals surface area contributed by atoms with Crippen LogP contribution in [0, 0.1) is 6.92 Å². The number of hydrogen-bond donors (Lipinski definition) is 1. The monoisotopic (exact) mass is 256 g/mol. The molecule has 0 amide bonds. The van der Waals surface area contributed by atoms with Crippen molar-refractivity contribution in [3.63, 3.8) is 0 Å². The maximum atomic E-state index is 6.29. The van der Waals surface area contributed by atoms with Crippen molar-refractivity contribution in [1.82, 2.24) is 4.98 Å². The van der Waals surface area contributed by atoms with E-state index in [0.29, 0.717) is 13.2 Å². The molecule has 4 nitrogen and oxygen atoms in total. The van der Waals surface area contributed by atoms with Crippen LogP contribution < -0.4 is 15.2 Å². The van der Waals surface area contributed by atoms with E-state index < -0.39 is 0 Å². The summed E-state index contributed by atoms with van der Waals surface area (Å²) in [6.45, 7) is 3.14. The molecule has 0 radical (unpaired) electrons. The van der Waals surface area contributed by atoms with Crippen molar-refractivity contribution in [2.75, 3.05) is 13.2 Å². The maximum Gasteiger partial charge on any atom is 0.161 e. The van der Waals surface area contributed by atoms with Gasteiger partial charge in [-0.05, 0) is 42.3 Å².